The standard InChI is InChI=1S/C18H24N4O4/c1-5-6-9-19-15-7-8-16(22-21-15)20-18(23)12-10-13(24-2)17(26-4)14(11-12)25-3/h7-8,10-11H,5-6,9H2,1-4H3,(H,19,21)(H,20,22,23). The van der Waals surface area contributed by atoms with Crippen molar-refractivity contribution in [3.8, 4) is 17.2 Å². The third kappa shape index (κ3) is 4.75. The van der Waals surface area contributed by atoms with Crippen LogP contribution in [0.1, 0.15) is 30.1 Å². The molecule has 1 amide bonds. The van der Waals surface area contributed by atoms with Crippen molar-refractivity contribution in [2.45, 2.75) is 19.8 Å². The normalized spacial score (nSPS) is 10.2. The summed E-state index contributed by atoms with van der Waals surface area (Å²) < 4.78 is 15.8. The second-order valence-corrected chi connectivity index (χ2v) is 5.45. The first-order chi connectivity index (χ1) is 12.6. The molecule has 2 rings (SSSR count). The number of amides is 1. The number of benzene rings is 1. The van der Waals surface area contributed by atoms with E-state index in [0.717, 1.165) is 19.4 Å². The molecule has 0 atom stereocenters. The van der Waals surface area contributed by atoms with Crippen molar-refractivity contribution >= 4 is 17.5 Å². The molecule has 0 aliphatic rings. The SMILES string of the molecule is CCCCNc1ccc(NC(=O)c2cc(OC)c(OC)c(OC)c2)nn1. The van der Waals surface area contributed by atoms with Gasteiger partial charge in [-0.05, 0) is 30.7 Å². The summed E-state index contributed by atoms with van der Waals surface area (Å²) in [6.45, 7) is 2.96. The Hall–Kier alpha value is -3.03. The largest absolute Gasteiger partial charge is 0.493 e. The van der Waals surface area contributed by atoms with Gasteiger partial charge in [0, 0.05) is 12.1 Å². The first-order valence-corrected chi connectivity index (χ1v) is 8.31. The van der Waals surface area contributed by atoms with Gasteiger partial charge in [-0.25, -0.2) is 0 Å². The molecule has 0 aliphatic heterocycles. The van der Waals surface area contributed by atoms with E-state index in [1.54, 1.807) is 24.3 Å². The highest BCUT2D eigenvalue weighted by Gasteiger charge is 2.17. The summed E-state index contributed by atoms with van der Waals surface area (Å²) in [5.74, 6) is 1.89. The topological polar surface area (TPSA) is 94.6 Å². The number of methoxy groups -OCH3 is 3. The highest BCUT2D eigenvalue weighted by molar-refractivity contribution is 6.04. The van der Waals surface area contributed by atoms with E-state index < -0.39 is 0 Å². The van der Waals surface area contributed by atoms with Crippen LogP contribution >= 0.6 is 0 Å². The van der Waals surface area contributed by atoms with Crippen molar-refractivity contribution < 1.29 is 19.0 Å². The fourth-order valence-electron chi connectivity index (χ4n) is 2.29. The second-order valence-electron chi connectivity index (χ2n) is 5.45. The smallest absolute Gasteiger partial charge is 0.257 e. The molecular formula is C18H24N4O4. The summed E-state index contributed by atoms with van der Waals surface area (Å²) in [5, 5.41) is 13.9. The third-order valence-corrected chi connectivity index (χ3v) is 3.67. The summed E-state index contributed by atoms with van der Waals surface area (Å²) >= 11 is 0. The Labute approximate surface area is 152 Å². The number of nitrogens with one attached hydrogen (secondary N) is 2. The number of carbonyl (C=O) groups is 1. The van der Waals surface area contributed by atoms with Crippen LogP contribution in [0, 0.1) is 0 Å². The zero-order valence-electron chi connectivity index (χ0n) is 15.5. The molecule has 1 heterocycles. The van der Waals surface area contributed by atoms with Crippen LogP contribution in [0.5, 0.6) is 17.2 Å². The molecule has 0 aliphatic carbocycles. The molecule has 8 nitrogen and oxygen atoms in total. The fourth-order valence-corrected chi connectivity index (χ4v) is 2.29. The monoisotopic (exact) mass is 360 g/mol. The van der Waals surface area contributed by atoms with Gasteiger partial charge in [-0.2, -0.15) is 0 Å². The minimum absolute atomic E-state index is 0.352. The molecule has 0 bridgehead atoms. The maximum absolute atomic E-state index is 12.5. The molecule has 8 heteroatoms. The Morgan fingerprint density at radius 3 is 2.12 bits per heavy atom. The van der Waals surface area contributed by atoms with E-state index in [4.69, 9.17) is 14.2 Å². The number of anilines is 2. The van der Waals surface area contributed by atoms with Crippen LogP contribution in [-0.4, -0.2) is 44.0 Å². The van der Waals surface area contributed by atoms with Crippen LogP contribution < -0.4 is 24.8 Å². The number of rotatable bonds is 9. The summed E-state index contributed by atoms with van der Waals surface area (Å²) in [5.41, 5.74) is 0.353. The number of hydrogen-bond donors (Lipinski definition) is 2. The van der Waals surface area contributed by atoms with Gasteiger partial charge in [0.25, 0.3) is 5.91 Å². The van der Waals surface area contributed by atoms with E-state index >= 15 is 0 Å². The zero-order valence-corrected chi connectivity index (χ0v) is 15.5. The van der Waals surface area contributed by atoms with E-state index in [2.05, 4.69) is 27.8 Å². The highest BCUT2D eigenvalue weighted by Crippen LogP contribution is 2.38. The Morgan fingerprint density at radius 1 is 1.00 bits per heavy atom. The van der Waals surface area contributed by atoms with Crippen molar-refractivity contribution in [1.29, 1.82) is 0 Å². The van der Waals surface area contributed by atoms with Crippen LogP contribution in [0.2, 0.25) is 0 Å². The molecule has 0 saturated heterocycles. The Kier molecular flexibility index (Phi) is 7.02. The van der Waals surface area contributed by atoms with E-state index in [1.807, 2.05) is 0 Å². The van der Waals surface area contributed by atoms with Crippen LogP contribution in [0.15, 0.2) is 24.3 Å². The zero-order chi connectivity index (χ0) is 18.9. The van der Waals surface area contributed by atoms with Gasteiger partial charge in [-0.1, -0.05) is 13.3 Å². The number of carbonyl (C=O) groups excluding carboxylic acids is 1. The van der Waals surface area contributed by atoms with Gasteiger partial charge in [0.2, 0.25) is 5.75 Å². The summed E-state index contributed by atoms with van der Waals surface area (Å²) in [6, 6.07) is 6.61. The molecule has 26 heavy (non-hydrogen) atoms. The molecule has 1 aromatic carbocycles. The lowest BCUT2D eigenvalue weighted by Crippen LogP contribution is -2.14. The van der Waals surface area contributed by atoms with Gasteiger partial charge < -0.3 is 24.8 Å². The van der Waals surface area contributed by atoms with Crippen LogP contribution in [-0.2, 0) is 0 Å². The average Bonchev–Trinajstić information content (AvgIpc) is 2.68. The second kappa shape index (κ2) is 9.45. The fraction of sp³-hybridized carbons (Fsp3) is 0.389. The number of hydrogen-bond acceptors (Lipinski definition) is 7. The van der Waals surface area contributed by atoms with Gasteiger partial charge in [0.1, 0.15) is 5.82 Å². The van der Waals surface area contributed by atoms with Crippen molar-refractivity contribution in [3.63, 3.8) is 0 Å². The molecule has 0 spiro atoms. The molecule has 2 N–H and O–H groups in total. The quantitative estimate of drug-likeness (QED) is 0.664. The third-order valence-electron chi connectivity index (χ3n) is 3.67. The van der Waals surface area contributed by atoms with E-state index in [0.29, 0.717) is 34.4 Å². The van der Waals surface area contributed by atoms with Gasteiger partial charge >= 0.3 is 0 Å². The average molecular weight is 360 g/mol. The van der Waals surface area contributed by atoms with Gasteiger partial charge in [-0.15, -0.1) is 10.2 Å². The van der Waals surface area contributed by atoms with Crippen LogP contribution in [0.25, 0.3) is 0 Å². The molecule has 2 aromatic rings. The Bertz CT molecular complexity index is 709. The number of unbranched alkanes of at least 4 members (excludes halogenated alkanes) is 1. The van der Waals surface area contributed by atoms with E-state index in [-0.39, 0.29) is 5.91 Å². The highest BCUT2D eigenvalue weighted by atomic mass is 16.5. The molecule has 0 radical (unpaired) electrons. The van der Waals surface area contributed by atoms with Crippen LogP contribution in [0.3, 0.4) is 0 Å². The maximum Gasteiger partial charge on any atom is 0.257 e. The molecule has 0 saturated carbocycles. The summed E-state index contributed by atoms with van der Waals surface area (Å²) in [7, 11) is 4.50. The minimum atomic E-state index is -0.356. The van der Waals surface area contributed by atoms with Gasteiger partial charge in [0.15, 0.2) is 17.3 Å². The van der Waals surface area contributed by atoms with Crippen LogP contribution in [0.4, 0.5) is 11.6 Å². The minimum Gasteiger partial charge on any atom is -0.493 e. The first-order valence-electron chi connectivity index (χ1n) is 8.31. The lowest BCUT2D eigenvalue weighted by Gasteiger charge is -2.14. The molecule has 140 valence electrons. The number of nitrogens with zero attached hydrogens (tertiary/aromatic N) is 2. The molecule has 1 aromatic heterocycles. The Balaban J connectivity index is 2.12. The predicted octanol–water partition coefficient (Wildman–Crippen LogP) is 2.97. The van der Waals surface area contributed by atoms with E-state index in [9.17, 15) is 4.79 Å². The van der Waals surface area contributed by atoms with E-state index in [1.165, 1.54) is 21.3 Å². The summed E-state index contributed by atoms with van der Waals surface area (Å²) in [4.78, 5) is 12.5. The predicted molar refractivity (Wildman–Crippen MR) is 99.5 cm³/mol. The lowest BCUT2D eigenvalue weighted by atomic mass is 10.1. The molecular weight excluding hydrogens is 336 g/mol. The number of ether oxygens (including phenoxy) is 3. The van der Waals surface area contributed by atoms with Crippen molar-refractivity contribution in [2.24, 2.45) is 0 Å². The Morgan fingerprint density at radius 2 is 1.62 bits per heavy atom. The maximum atomic E-state index is 12.5. The lowest BCUT2D eigenvalue weighted by molar-refractivity contribution is 0.102. The van der Waals surface area contributed by atoms with Crippen molar-refractivity contribution in [3.05, 3.63) is 29.8 Å². The number of aromatic nitrogens is 2. The van der Waals surface area contributed by atoms with Gasteiger partial charge in [-0.3, -0.25) is 4.79 Å². The molecule has 0 unspecified atom stereocenters. The summed E-state index contributed by atoms with van der Waals surface area (Å²) in [6.07, 6.45) is 2.16. The first kappa shape index (κ1) is 19.3. The molecule has 0 fully saturated rings. The van der Waals surface area contributed by atoms with Gasteiger partial charge in [0.05, 0.1) is 21.3 Å². The van der Waals surface area contributed by atoms with Crippen molar-refractivity contribution in [2.75, 3.05) is 38.5 Å². The van der Waals surface area contributed by atoms with Crippen molar-refractivity contribution in [1.82, 2.24) is 10.2 Å².